The van der Waals surface area contributed by atoms with Gasteiger partial charge in [-0.15, -0.1) is 0 Å². The standard InChI is InChI=1S/C25H24N8O3/c1-15(16-4-2-5-18(12-16)33(35)36)28-24-26-11-10-23(30-24)31-14-27-20-13-17(8-9-21(20)31)32-22-7-3-6-19(22)29-25(32)34/h2,4-5,8-15,19,22H,3,6-7H2,1H3,(H,29,34)(H,26,28,30)/t15-,19?,22?/m0/s1. The summed E-state index contributed by atoms with van der Waals surface area (Å²) < 4.78 is 1.87. The maximum absolute atomic E-state index is 12.6. The average molecular weight is 485 g/mol. The third-order valence-corrected chi connectivity index (χ3v) is 6.96. The quantitative estimate of drug-likeness (QED) is 0.307. The molecule has 1 saturated carbocycles. The Bertz CT molecular complexity index is 1490. The fourth-order valence-electron chi connectivity index (χ4n) is 5.18. The number of nitro benzene ring substituents is 1. The highest BCUT2D eigenvalue weighted by atomic mass is 16.6. The van der Waals surface area contributed by atoms with Gasteiger partial charge >= 0.3 is 6.03 Å². The fourth-order valence-corrected chi connectivity index (χ4v) is 5.18. The van der Waals surface area contributed by atoms with Gasteiger partial charge in [-0.05, 0) is 56.0 Å². The molecule has 2 aliphatic rings. The Kier molecular flexibility index (Phi) is 5.24. The van der Waals surface area contributed by atoms with E-state index in [0.29, 0.717) is 11.8 Å². The normalized spacial score (nSPS) is 19.8. The molecule has 6 rings (SSSR count). The van der Waals surface area contributed by atoms with E-state index in [1.165, 1.54) is 12.1 Å². The number of hydrogen-bond acceptors (Lipinski definition) is 7. The van der Waals surface area contributed by atoms with Crippen LogP contribution in [0.15, 0.2) is 61.1 Å². The lowest BCUT2D eigenvalue weighted by atomic mass is 10.1. The van der Waals surface area contributed by atoms with Crippen LogP contribution in [0.1, 0.15) is 37.8 Å². The molecule has 11 nitrogen and oxygen atoms in total. The average Bonchev–Trinajstić information content (AvgIpc) is 3.58. The van der Waals surface area contributed by atoms with Gasteiger partial charge in [0.05, 0.1) is 34.1 Å². The number of carbonyl (C=O) groups is 1. The highest BCUT2D eigenvalue weighted by Gasteiger charge is 2.42. The highest BCUT2D eigenvalue weighted by molar-refractivity contribution is 5.97. The Morgan fingerprint density at radius 3 is 2.92 bits per heavy atom. The molecule has 0 radical (unpaired) electrons. The Morgan fingerprint density at radius 1 is 1.17 bits per heavy atom. The van der Waals surface area contributed by atoms with Crippen LogP contribution in [0.25, 0.3) is 16.9 Å². The van der Waals surface area contributed by atoms with Crippen LogP contribution in [-0.2, 0) is 0 Å². The van der Waals surface area contributed by atoms with Crippen LogP contribution in [0.3, 0.4) is 0 Å². The fraction of sp³-hybridized carbons (Fsp3) is 0.280. The summed E-state index contributed by atoms with van der Waals surface area (Å²) in [6, 6.07) is 14.2. The number of urea groups is 1. The van der Waals surface area contributed by atoms with Gasteiger partial charge in [-0.3, -0.25) is 19.6 Å². The summed E-state index contributed by atoms with van der Waals surface area (Å²) >= 11 is 0. The number of amides is 2. The molecule has 2 fully saturated rings. The van der Waals surface area contributed by atoms with E-state index in [0.717, 1.165) is 41.5 Å². The number of hydrogen-bond donors (Lipinski definition) is 2. The molecule has 2 amide bonds. The SMILES string of the molecule is C[C@H](Nc1nccc(-n2cnc3cc(N4C(=O)NC5CCCC54)ccc32)n1)c1cccc([N+](=O)[O-])c1. The second-order valence-electron chi connectivity index (χ2n) is 9.17. The van der Waals surface area contributed by atoms with Gasteiger partial charge in [-0.1, -0.05) is 12.1 Å². The molecular weight excluding hydrogens is 460 g/mol. The van der Waals surface area contributed by atoms with Crippen molar-refractivity contribution in [1.82, 2.24) is 24.8 Å². The van der Waals surface area contributed by atoms with Crippen molar-refractivity contribution in [3.8, 4) is 5.82 Å². The molecule has 1 aliphatic carbocycles. The first kappa shape index (κ1) is 22.0. The number of rotatable bonds is 6. The van der Waals surface area contributed by atoms with Gasteiger partial charge in [0, 0.05) is 24.0 Å². The van der Waals surface area contributed by atoms with E-state index in [-0.39, 0.29) is 29.8 Å². The largest absolute Gasteiger partial charge is 0.348 e. The predicted octanol–water partition coefficient (Wildman–Crippen LogP) is 4.35. The second-order valence-corrected chi connectivity index (χ2v) is 9.17. The summed E-state index contributed by atoms with van der Waals surface area (Å²) in [4.78, 5) is 38.6. The second kappa shape index (κ2) is 8.59. The van der Waals surface area contributed by atoms with E-state index in [2.05, 4.69) is 25.6 Å². The number of anilines is 2. The number of benzene rings is 2. The van der Waals surface area contributed by atoms with Crippen molar-refractivity contribution in [1.29, 1.82) is 0 Å². The molecule has 2 unspecified atom stereocenters. The van der Waals surface area contributed by atoms with Gasteiger partial charge in [-0.25, -0.2) is 14.8 Å². The number of nitrogens with zero attached hydrogens (tertiary/aromatic N) is 6. The Hall–Kier alpha value is -4.54. The van der Waals surface area contributed by atoms with Crippen LogP contribution in [-0.4, -0.2) is 42.6 Å². The van der Waals surface area contributed by atoms with Gasteiger partial charge < -0.3 is 10.6 Å². The van der Waals surface area contributed by atoms with Crippen molar-refractivity contribution in [2.45, 2.75) is 44.3 Å². The predicted molar refractivity (Wildman–Crippen MR) is 134 cm³/mol. The van der Waals surface area contributed by atoms with Gasteiger partial charge in [0.2, 0.25) is 5.95 Å². The van der Waals surface area contributed by atoms with Crippen LogP contribution in [0.5, 0.6) is 0 Å². The van der Waals surface area contributed by atoms with Crippen LogP contribution >= 0.6 is 0 Å². The van der Waals surface area contributed by atoms with Crippen molar-refractivity contribution in [2.75, 3.05) is 10.2 Å². The lowest BCUT2D eigenvalue weighted by Crippen LogP contribution is -2.33. The minimum Gasteiger partial charge on any atom is -0.348 e. The summed E-state index contributed by atoms with van der Waals surface area (Å²) in [7, 11) is 0. The molecule has 2 aromatic heterocycles. The zero-order valence-electron chi connectivity index (χ0n) is 19.5. The zero-order valence-corrected chi connectivity index (χ0v) is 19.5. The number of imidazole rings is 1. The van der Waals surface area contributed by atoms with E-state index < -0.39 is 4.92 Å². The minimum absolute atomic E-state index is 0.0370. The van der Waals surface area contributed by atoms with Crippen LogP contribution in [0, 0.1) is 10.1 Å². The number of carbonyl (C=O) groups excluding carboxylic acids is 1. The van der Waals surface area contributed by atoms with Crippen molar-refractivity contribution in [3.05, 3.63) is 76.7 Å². The molecule has 11 heteroatoms. The van der Waals surface area contributed by atoms with Crippen LogP contribution in [0.2, 0.25) is 0 Å². The third kappa shape index (κ3) is 3.78. The van der Waals surface area contributed by atoms with Crippen molar-refractivity contribution in [3.63, 3.8) is 0 Å². The van der Waals surface area contributed by atoms with E-state index in [4.69, 9.17) is 0 Å². The van der Waals surface area contributed by atoms with Gasteiger partial charge in [0.25, 0.3) is 5.69 Å². The van der Waals surface area contributed by atoms with Crippen LogP contribution in [0.4, 0.5) is 22.1 Å². The number of non-ortho nitro benzene ring substituents is 1. The zero-order chi connectivity index (χ0) is 24.8. The molecule has 1 aliphatic heterocycles. The van der Waals surface area contributed by atoms with Gasteiger partial charge in [-0.2, -0.15) is 4.98 Å². The molecule has 4 aromatic rings. The maximum atomic E-state index is 12.6. The van der Waals surface area contributed by atoms with E-state index >= 15 is 0 Å². The summed E-state index contributed by atoms with van der Waals surface area (Å²) in [5.41, 5.74) is 3.26. The molecule has 3 heterocycles. The topological polar surface area (TPSA) is 131 Å². The lowest BCUT2D eigenvalue weighted by molar-refractivity contribution is -0.384. The van der Waals surface area contributed by atoms with Crippen molar-refractivity contribution < 1.29 is 9.72 Å². The number of fused-ring (bicyclic) bond motifs is 2. The lowest BCUT2D eigenvalue weighted by Gasteiger charge is -2.22. The highest BCUT2D eigenvalue weighted by Crippen LogP contribution is 2.34. The Morgan fingerprint density at radius 2 is 2.06 bits per heavy atom. The number of nitrogens with one attached hydrogen (secondary N) is 2. The summed E-state index contributed by atoms with van der Waals surface area (Å²) in [6.07, 6.45) is 6.49. The summed E-state index contributed by atoms with van der Waals surface area (Å²) in [6.45, 7) is 1.90. The minimum atomic E-state index is -0.412. The molecule has 1 saturated heterocycles. The smallest absolute Gasteiger partial charge is 0.322 e. The molecule has 0 spiro atoms. The summed E-state index contributed by atoms with van der Waals surface area (Å²) in [5.74, 6) is 1.02. The maximum Gasteiger partial charge on any atom is 0.322 e. The monoisotopic (exact) mass is 484 g/mol. The molecule has 2 aromatic carbocycles. The van der Waals surface area contributed by atoms with Crippen molar-refractivity contribution in [2.24, 2.45) is 0 Å². The van der Waals surface area contributed by atoms with E-state index in [1.807, 2.05) is 40.7 Å². The number of aromatic nitrogens is 4. The first-order valence-electron chi connectivity index (χ1n) is 11.9. The molecule has 0 bridgehead atoms. The Balaban J connectivity index is 1.26. The van der Waals surface area contributed by atoms with E-state index in [9.17, 15) is 14.9 Å². The molecule has 36 heavy (non-hydrogen) atoms. The first-order valence-corrected chi connectivity index (χ1v) is 11.9. The van der Waals surface area contributed by atoms with Gasteiger partial charge in [0.1, 0.15) is 12.1 Å². The third-order valence-electron chi connectivity index (χ3n) is 6.96. The van der Waals surface area contributed by atoms with Gasteiger partial charge in [0.15, 0.2) is 0 Å². The van der Waals surface area contributed by atoms with E-state index in [1.54, 1.807) is 24.7 Å². The summed E-state index contributed by atoms with van der Waals surface area (Å²) in [5, 5.41) is 17.4. The molecular formula is C25H24N8O3. The van der Waals surface area contributed by atoms with Crippen LogP contribution < -0.4 is 15.5 Å². The molecule has 2 N–H and O–H groups in total. The Labute approximate surface area is 206 Å². The first-order chi connectivity index (χ1) is 17.5. The molecule has 182 valence electrons. The van der Waals surface area contributed by atoms with Crippen molar-refractivity contribution >= 4 is 34.4 Å². The molecule has 3 atom stereocenters. The number of nitro groups is 1.